The molecule has 2 amide bonds. The summed E-state index contributed by atoms with van der Waals surface area (Å²) in [5.74, 6) is -0.773. The highest BCUT2D eigenvalue weighted by atomic mass is 16.5. The minimum absolute atomic E-state index is 0.166. The minimum Gasteiger partial charge on any atom is -0.481 e. The van der Waals surface area contributed by atoms with E-state index >= 15 is 0 Å². The van der Waals surface area contributed by atoms with Crippen molar-refractivity contribution in [2.75, 3.05) is 0 Å². The number of nitrogens with one attached hydrogen (secondary N) is 2. The fourth-order valence-corrected chi connectivity index (χ4v) is 3.01. The summed E-state index contributed by atoms with van der Waals surface area (Å²) in [6, 6.07) is 20.8. The first-order valence-electron chi connectivity index (χ1n) is 9.90. The first-order chi connectivity index (χ1) is 14.9. The Labute approximate surface area is 181 Å². The predicted molar refractivity (Wildman–Crippen MR) is 118 cm³/mol. The number of carbonyl (C=O) groups excluding carboxylic acids is 3. The summed E-state index contributed by atoms with van der Waals surface area (Å²) in [5, 5.41) is 0. The molecule has 0 aromatic heterocycles. The molecule has 0 bridgehead atoms. The monoisotopic (exact) mass is 416 g/mol. The zero-order chi connectivity index (χ0) is 22.4. The first-order valence-corrected chi connectivity index (χ1v) is 9.90. The van der Waals surface area contributed by atoms with E-state index in [1.54, 1.807) is 55.5 Å². The Balaban J connectivity index is 1.66. The van der Waals surface area contributed by atoms with Crippen LogP contribution in [0.3, 0.4) is 0 Å². The molecule has 0 radical (unpaired) electrons. The second-order valence-electron chi connectivity index (χ2n) is 7.14. The van der Waals surface area contributed by atoms with Gasteiger partial charge in [-0.2, -0.15) is 0 Å². The summed E-state index contributed by atoms with van der Waals surface area (Å²) >= 11 is 0. The average Bonchev–Trinajstić information content (AvgIpc) is 2.80. The van der Waals surface area contributed by atoms with Gasteiger partial charge in [-0.15, -0.1) is 0 Å². The van der Waals surface area contributed by atoms with Gasteiger partial charge in [0.1, 0.15) is 5.75 Å². The average molecular weight is 416 g/mol. The van der Waals surface area contributed by atoms with Crippen molar-refractivity contribution in [3.8, 4) is 5.75 Å². The molecule has 3 rings (SSSR count). The lowest BCUT2D eigenvalue weighted by molar-refractivity contribution is -0.128. The molecule has 1 unspecified atom stereocenters. The van der Waals surface area contributed by atoms with Crippen LogP contribution < -0.4 is 15.6 Å². The van der Waals surface area contributed by atoms with E-state index in [4.69, 9.17) is 4.74 Å². The molecule has 0 spiro atoms. The number of aryl methyl sites for hydroxylation is 1. The van der Waals surface area contributed by atoms with Gasteiger partial charge in [0.15, 0.2) is 11.9 Å². The summed E-state index contributed by atoms with van der Waals surface area (Å²) < 4.78 is 5.73. The van der Waals surface area contributed by atoms with Crippen LogP contribution in [0.1, 0.15) is 44.3 Å². The van der Waals surface area contributed by atoms with Gasteiger partial charge >= 0.3 is 0 Å². The highest BCUT2D eigenvalue weighted by molar-refractivity contribution is 6.15. The number of amides is 2. The van der Waals surface area contributed by atoms with Crippen LogP contribution in [-0.4, -0.2) is 23.7 Å². The lowest BCUT2D eigenvalue weighted by atomic mass is 9.98. The van der Waals surface area contributed by atoms with E-state index in [0.29, 0.717) is 11.3 Å². The number of hydrazine groups is 1. The van der Waals surface area contributed by atoms with Crippen LogP contribution >= 0.6 is 0 Å². The highest BCUT2D eigenvalue weighted by Crippen LogP contribution is 2.21. The fourth-order valence-electron chi connectivity index (χ4n) is 3.01. The van der Waals surface area contributed by atoms with Gasteiger partial charge in [0.05, 0.1) is 5.56 Å². The Hall–Kier alpha value is -3.93. The van der Waals surface area contributed by atoms with E-state index < -0.39 is 17.9 Å². The van der Waals surface area contributed by atoms with E-state index in [9.17, 15) is 14.4 Å². The summed E-state index contributed by atoms with van der Waals surface area (Å²) in [5.41, 5.74) is 7.62. The second-order valence-corrected chi connectivity index (χ2v) is 7.14. The zero-order valence-electron chi connectivity index (χ0n) is 17.6. The number of ether oxygens (including phenoxy) is 1. The van der Waals surface area contributed by atoms with Crippen LogP contribution in [0.15, 0.2) is 72.8 Å². The molecule has 0 aliphatic heterocycles. The molecule has 2 N–H and O–H groups in total. The number of rotatable bonds is 6. The van der Waals surface area contributed by atoms with Gasteiger partial charge in [0.25, 0.3) is 11.8 Å². The van der Waals surface area contributed by atoms with Crippen molar-refractivity contribution in [3.63, 3.8) is 0 Å². The third-order valence-electron chi connectivity index (χ3n) is 4.98. The molecule has 31 heavy (non-hydrogen) atoms. The Bertz CT molecular complexity index is 1110. The van der Waals surface area contributed by atoms with E-state index in [1.807, 2.05) is 32.0 Å². The number of hydrogen-bond acceptors (Lipinski definition) is 4. The summed E-state index contributed by atoms with van der Waals surface area (Å²) in [7, 11) is 0. The third-order valence-corrected chi connectivity index (χ3v) is 4.98. The van der Waals surface area contributed by atoms with Crippen molar-refractivity contribution in [3.05, 3.63) is 101 Å². The lowest BCUT2D eigenvalue weighted by Crippen LogP contribution is -2.47. The van der Waals surface area contributed by atoms with Crippen LogP contribution in [0.4, 0.5) is 0 Å². The molecular formula is C25H24N2O4. The molecule has 0 aliphatic rings. The molecule has 6 heteroatoms. The van der Waals surface area contributed by atoms with Gasteiger partial charge in [-0.3, -0.25) is 25.2 Å². The molecule has 3 aromatic rings. The summed E-state index contributed by atoms with van der Waals surface area (Å²) in [4.78, 5) is 37.9. The number of hydrogen-bond donors (Lipinski definition) is 2. The van der Waals surface area contributed by atoms with Crippen molar-refractivity contribution in [2.24, 2.45) is 0 Å². The van der Waals surface area contributed by atoms with Crippen molar-refractivity contribution < 1.29 is 19.1 Å². The van der Waals surface area contributed by atoms with Crippen molar-refractivity contribution in [1.29, 1.82) is 0 Å². The van der Waals surface area contributed by atoms with Gasteiger partial charge < -0.3 is 4.74 Å². The largest absolute Gasteiger partial charge is 0.481 e. The molecular weight excluding hydrogens is 392 g/mol. The topological polar surface area (TPSA) is 84.5 Å². The van der Waals surface area contributed by atoms with Gasteiger partial charge in [-0.1, -0.05) is 60.7 Å². The van der Waals surface area contributed by atoms with E-state index in [0.717, 1.165) is 11.1 Å². The van der Waals surface area contributed by atoms with Crippen LogP contribution in [0.5, 0.6) is 5.75 Å². The predicted octanol–water partition coefficient (Wildman–Crippen LogP) is 3.76. The third kappa shape index (κ3) is 5.17. The molecule has 6 nitrogen and oxygen atoms in total. The van der Waals surface area contributed by atoms with Crippen LogP contribution in [0.2, 0.25) is 0 Å². The van der Waals surface area contributed by atoms with E-state index in [2.05, 4.69) is 10.9 Å². The van der Waals surface area contributed by atoms with E-state index in [1.165, 1.54) is 6.07 Å². The van der Waals surface area contributed by atoms with E-state index in [-0.39, 0.29) is 16.9 Å². The van der Waals surface area contributed by atoms with Gasteiger partial charge in [-0.05, 0) is 44.0 Å². The van der Waals surface area contributed by atoms with Crippen molar-refractivity contribution >= 4 is 17.6 Å². The fraction of sp³-hybridized carbons (Fsp3) is 0.160. The number of carbonyl (C=O) groups is 3. The number of ketones is 1. The van der Waals surface area contributed by atoms with Crippen molar-refractivity contribution in [1.82, 2.24) is 10.9 Å². The number of benzene rings is 3. The summed E-state index contributed by atoms with van der Waals surface area (Å²) in [6.07, 6.45) is -0.831. The maximum absolute atomic E-state index is 12.8. The maximum atomic E-state index is 12.8. The molecule has 158 valence electrons. The Morgan fingerprint density at radius 3 is 2.13 bits per heavy atom. The highest BCUT2D eigenvalue weighted by Gasteiger charge is 2.20. The normalized spacial score (nSPS) is 11.3. The molecule has 0 aliphatic carbocycles. The first kappa shape index (κ1) is 21.8. The molecule has 3 aromatic carbocycles. The van der Waals surface area contributed by atoms with Gasteiger partial charge in [0, 0.05) is 11.1 Å². The van der Waals surface area contributed by atoms with Crippen LogP contribution in [0.25, 0.3) is 0 Å². The molecule has 0 saturated carbocycles. The smallest absolute Gasteiger partial charge is 0.279 e. The second kappa shape index (κ2) is 9.71. The standard InChI is InChI=1S/C25H24N2O4/c1-16-10-9-15-22(17(16)2)31-18(3)24(29)26-27-25(30)21-14-8-7-13-20(21)23(28)19-11-5-4-6-12-19/h4-15,18H,1-3H3,(H,26,29)(H,27,30). The quantitative estimate of drug-likeness (QED) is 0.473. The van der Waals surface area contributed by atoms with Crippen molar-refractivity contribution in [2.45, 2.75) is 26.9 Å². The van der Waals surface area contributed by atoms with Crippen LogP contribution in [-0.2, 0) is 4.79 Å². The lowest BCUT2D eigenvalue weighted by Gasteiger charge is -2.17. The van der Waals surface area contributed by atoms with Crippen LogP contribution in [0, 0.1) is 13.8 Å². The molecule has 1 atom stereocenters. The Morgan fingerprint density at radius 1 is 0.774 bits per heavy atom. The van der Waals surface area contributed by atoms with Gasteiger partial charge in [-0.25, -0.2) is 0 Å². The minimum atomic E-state index is -0.831. The molecule has 0 saturated heterocycles. The maximum Gasteiger partial charge on any atom is 0.279 e. The molecule has 0 fully saturated rings. The zero-order valence-corrected chi connectivity index (χ0v) is 17.6. The Kier molecular flexibility index (Phi) is 6.82. The summed E-state index contributed by atoms with van der Waals surface area (Å²) in [6.45, 7) is 5.47. The SMILES string of the molecule is Cc1cccc(OC(C)C(=O)NNC(=O)c2ccccc2C(=O)c2ccccc2)c1C. The van der Waals surface area contributed by atoms with Gasteiger partial charge in [0.2, 0.25) is 0 Å². The Morgan fingerprint density at radius 2 is 1.42 bits per heavy atom. The molecule has 0 heterocycles.